The van der Waals surface area contributed by atoms with E-state index in [9.17, 15) is 4.79 Å². The lowest BCUT2D eigenvalue weighted by Gasteiger charge is -2.07. The lowest BCUT2D eigenvalue weighted by Crippen LogP contribution is -2.15. The first-order valence-corrected chi connectivity index (χ1v) is 6.23. The first-order valence-electron chi connectivity index (χ1n) is 5.44. The van der Waals surface area contributed by atoms with Crippen molar-refractivity contribution in [2.45, 2.75) is 20.8 Å². The topological polar surface area (TPSA) is 70.7 Å². The first kappa shape index (κ1) is 12.8. The van der Waals surface area contributed by atoms with Crippen LogP contribution in [0.3, 0.4) is 0 Å². The maximum atomic E-state index is 12.1. The number of nitrogens with one attached hydrogen (secondary N) is 2. The van der Waals surface area contributed by atoms with Gasteiger partial charge in [-0.05, 0) is 48.3 Å². The minimum Gasteiger partial charge on any atom is -0.306 e. The summed E-state index contributed by atoms with van der Waals surface area (Å²) in [5.74, 6) is 0.361. The molecule has 0 spiro atoms. The van der Waals surface area contributed by atoms with Crippen LogP contribution in [0, 0.1) is 20.8 Å². The van der Waals surface area contributed by atoms with Crippen molar-refractivity contribution >= 4 is 27.7 Å². The highest BCUT2D eigenvalue weighted by Crippen LogP contribution is 2.18. The van der Waals surface area contributed by atoms with Gasteiger partial charge in [0.1, 0.15) is 5.82 Å². The molecule has 0 fully saturated rings. The van der Waals surface area contributed by atoms with Gasteiger partial charge in [0.05, 0.1) is 11.3 Å². The van der Waals surface area contributed by atoms with Crippen LogP contribution < -0.4 is 5.32 Å². The highest BCUT2D eigenvalue weighted by molar-refractivity contribution is 9.10. The number of nitrogens with zero attached hydrogens (tertiary/aromatic N) is 2. The summed E-state index contributed by atoms with van der Waals surface area (Å²) in [5, 5.41) is 9.58. The van der Waals surface area contributed by atoms with Gasteiger partial charge in [-0.25, -0.2) is 4.98 Å². The van der Waals surface area contributed by atoms with E-state index in [0.29, 0.717) is 17.1 Å². The van der Waals surface area contributed by atoms with E-state index in [4.69, 9.17) is 0 Å². The van der Waals surface area contributed by atoms with Crippen molar-refractivity contribution in [1.29, 1.82) is 0 Å². The molecule has 6 heteroatoms. The summed E-state index contributed by atoms with van der Waals surface area (Å²) in [7, 11) is 0. The summed E-state index contributed by atoms with van der Waals surface area (Å²) in [6, 6.07) is 1.90. The van der Waals surface area contributed by atoms with Gasteiger partial charge in [0.25, 0.3) is 5.91 Å². The van der Waals surface area contributed by atoms with Crippen LogP contribution in [-0.4, -0.2) is 21.1 Å². The monoisotopic (exact) mass is 308 g/mol. The van der Waals surface area contributed by atoms with Gasteiger partial charge in [-0.2, -0.15) is 5.10 Å². The third kappa shape index (κ3) is 2.43. The molecule has 1 amide bonds. The highest BCUT2D eigenvalue weighted by Gasteiger charge is 2.16. The van der Waals surface area contributed by atoms with Crippen LogP contribution in [0.25, 0.3) is 0 Å². The molecular formula is C12H13BrN4O. The Labute approximate surface area is 113 Å². The van der Waals surface area contributed by atoms with Gasteiger partial charge < -0.3 is 5.32 Å². The number of hydrogen-bond donors (Lipinski definition) is 2. The summed E-state index contributed by atoms with van der Waals surface area (Å²) in [5.41, 5.74) is 2.90. The average Bonchev–Trinajstić information content (AvgIpc) is 2.62. The Balaban J connectivity index is 2.27. The van der Waals surface area contributed by atoms with E-state index in [0.717, 1.165) is 15.7 Å². The summed E-state index contributed by atoms with van der Waals surface area (Å²) in [4.78, 5) is 16.3. The lowest BCUT2D eigenvalue weighted by molar-refractivity contribution is 0.102. The molecule has 0 saturated heterocycles. The van der Waals surface area contributed by atoms with Crippen LogP contribution >= 0.6 is 15.9 Å². The second-order valence-electron chi connectivity index (χ2n) is 4.08. The Morgan fingerprint density at radius 3 is 2.67 bits per heavy atom. The van der Waals surface area contributed by atoms with Gasteiger partial charge in [0, 0.05) is 16.4 Å². The molecular weight excluding hydrogens is 296 g/mol. The molecule has 0 aliphatic carbocycles. The molecule has 0 atom stereocenters. The lowest BCUT2D eigenvalue weighted by atomic mass is 10.2. The molecule has 18 heavy (non-hydrogen) atoms. The van der Waals surface area contributed by atoms with Crippen LogP contribution in [0.4, 0.5) is 5.82 Å². The molecule has 0 aliphatic rings. The fourth-order valence-corrected chi connectivity index (χ4v) is 2.17. The largest absolute Gasteiger partial charge is 0.306 e. The summed E-state index contributed by atoms with van der Waals surface area (Å²) in [6.45, 7) is 5.50. The number of aromatic nitrogens is 3. The number of rotatable bonds is 2. The zero-order valence-electron chi connectivity index (χ0n) is 10.3. The second kappa shape index (κ2) is 4.89. The number of H-pyrrole nitrogens is 1. The molecule has 94 valence electrons. The van der Waals surface area contributed by atoms with Crippen LogP contribution in [0.15, 0.2) is 16.7 Å². The fourth-order valence-electron chi connectivity index (χ4n) is 1.73. The third-order valence-electron chi connectivity index (χ3n) is 2.63. The van der Waals surface area contributed by atoms with Crippen molar-refractivity contribution in [3.8, 4) is 0 Å². The van der Waals surface area contributed by atoms with Gasteiger partial charge in [-0.1, -0.05) is 0 Å². The molecule has 2 aromatic heterocycles. The molecule has 2 heterocycles. The minimum atomic E-state index is -0.198. The number of carbonyl (C=O) groups is 1. The van der Waals surface area contributed by atoms with E-state index in [1.807, 2.05) is 19.9 Å². The zero-order valence-corrected chi connectivity index (χ0v) is 11.9. The number of aryl methyl sites for hydroxylation is 3. The summed E-state index contributed by atoms with van der Waals surface area (Å²) in [6.07, 6.45) is 1.65. The quantitative estimate of drug-likeness (QED) is 0.896. The van der Waals surface area contributed by atoms with Crippen molar-refractivity contribution in [3.63, 3.8) is 0 Å². The van der Waals surface area contributed by atoms with Gasteiger partial charge in [-0.3, -0.25) is 9.89 Å². The number of hydrogen-bond acceptors (Lipinski definition) is 3. The van der Waals surface area contributed by atoms with E-state index in [1.165, 1.54) is 0 Å². The molecule has 2 aromatic rings. The summed E-state index contributed by atoms with van der Waals surface area (Å²) < 4.78 is 0.883. The molecule has 0 aliphatic heterocycles. The predicted molar refractivity (Wildman–Crippen MR) is 72.7 cm³/mol. The van der Waals surface area contributed by atoms with Crippen molar-refractivity contribution in [1.82, 2.24) is 15.2 Å². The minimum absolute atomic E-state index is 0.198. The third-order valence-corrected chi connectivity index (χ3v) is 3.07. The number of aromatic amines is 1. The van der Waals surface area contributed by atoms with Crippen molar-refractivity contribution in [3.05, 3.63) is 39.3 Å². The van der Waals surface area contributed by atoms with E-state index < -0.39 is 0 Å². The van der Waals surface area contributed by atoms with Crippen LogP contribution in [0.1, 0.15) is 27.3 Å². The Bertz CT molecular complexity index is 587. The first-order chi connectivity index (χ1) is 8.49. The number of halogens is 1. The Kier molecular flexibility index (Phi) is 3.47. The molecule has 0 saturated carbocycles. The molecule has 0 bridgehead atoms. The molecule has 0 radical (unpaired) electrons. The van der Waals surface area contributed by atoms with Crippen molar-refractivity contribution < 1.29 is 4.79 Å². The number of pyridine rings is 1. The molecule has 0 aromatic carbocycles. The molecule has 0 unspecified atom stereocenters. The number of amides is 1. The predicted octanol–water partition coefficient (Wildman–Crippen LogP) is 2.74. The number of anilines is 1. The maximum absolute atomic E-state index is 12.1. The molecule has 5 nitrogen and oxygen atoms in total. The van der Waals surface area contributed by atoms with Crippen LogP contribution in [0.5, 0.6) is 0 Å². The van der Waals surface area contributed by atoms with E-state index >= 15 is 0 Å². The second-order valence-corrected chi connectivity index (χ2v) is 5.00. The van der Waals surface area contributed by atoms with Crippen molar-refractivity contribution in [2.24, 2.45) is 0 Å². The van der Waals surface area contributed by atoms with Gasteiger partial charge in [0.15, 0.2) is 0 Å². The maximum Gasteiger partial charge on any atom is 0.260 e. The van der Waals surface area contributed by atoms with Gasteiger partial charge in [-0.15, -0.1) is 0 Å². The Morgan fingerprint density at radius 1 is 1.39 bits per heavy atom. The Hall–Kier alpha value is -1.69. The normalized spacial score (nSPS) is 10.4. The highest BCUT2D eigenvalue weighted by atomic mass is 79.9. The molecule has 2 N–H and O–H groups in total. The zero-order chi connectivity index (χ0) is 13.3. The standard InChI is InChI=1S/C12H13BrN4O/c1-6-4-9(13)5-14-11(6)15-12(18)10-7(2)16-17-8(10)3/h4-5H,1-3H3,(H,16,17)(H,14,15,18). The van der Waals surface area contributed by atoms with Crippen LogP contribution in [-0.2, 0) is 0 Å². The number of carbonyl (C=O) groups excluding carboxylic acids is 1. The Morgan fingerprint density at radius 2 is 2.11 bits per heavy atom. The fraction of sp³-hybridized carbons (Fsp3) is 0.250. The average molecular weight is 309 g/mol. The van der Waals surface area contributed by atoms with Gasteiger partial charge >= 0.3 is 0 Å². The SMILES string of the molecule is Cc1cc(Br)cnc1NC(=O)c1c(C)n[nH]c1C. The van der Waals surface area contributed by atoms with E-state index in [-0.39, 0.29) is 5.91 Å². The molecule has 2 rings (SSSR count). The van der Waals surface area contributed by atoms with Crippen molar-refractivity contribution in [2.75, 3.05) is 5.32 Å². The van der Waals surface area contributed by atoms with Gasteiger partial charge in [0.2, 0.25) is 0 Å². The van der Waals surface area contributed by atoms with E-state index in [2.05, 4.69) is 36.4 Å². The smallest absolute Gasteiger partial charge is 0.260 e. The summed E-state index contributed by atoms with van der Waals surface area (Å²) >= 11 is 3.33. The van der Waals surface area contributed by atoms with E-state index in [1.54, 1.807) is 13.1 Å². The van der Waals surface area contributed by atoms with Crippen LogP contribution in [0.2, 0.25) is 0 Å².